The minimum atomic E-state index is -0.928. The smallest absolute Gasteiger partial charge is 0.407 e. The Bertz CT molecular complexity index is 977. The number of nitrogens with zero attached hydrogens (tertiary/aromatic N) is 3. The number of carbonyl (C=O) groups is 2. The summed E-state index contributed by atoms with van der Waals surface area (Å²) in [6, 6.07) is 14.3. The number of amides is 2. The lowest BCUT2D eigenvalue weighted by molar-refractivity contribution is -0.129. The second-order valence-electron chi connectivity index (χ2n) is 8.97. The standard InChI is InChI=1S/C25H33N3O3.ClH/c1-7-27(25(30)31)23-14-17(2)28(6,18(3)29)24-13-12-21(15-22(23)24)20-10-8-19(9-11-20)16-26(4)5;/h8-13,15,17,23H,7,14,16H2,1-6H3;1H/p+1/t17-,23?,28+;/m0./s1. The molecule has 174 valence electrons. The first kappa shape index (κ1) is 25.8. The van der Waals surface area contributed by atoms with Gasteiger partial charge in [0, 0.05) is 31.1 Å². The fourth-order valence-corrected chi connectivity index (χ4v) is 4.75. The van der Waals surface area contributed by atoms with Crippen LogP contribution < -0.4 is 4.48 Å². The van der Waals surface area contributed by atoms with Gasteiger partial charge in [-0.15, -0.1) is 12.4 Å². The van der Waals surface area contributed by atoms with E-state index >= 15 is 0 Å². The summed E-state index contributed by atoms with van der Waals surface area (Å²) in [5, 5.41) is 9.82. The molecule has 0 saturated carbocycles. The van der Waals surface area contributed by atoms with Crippen LogP contribution in [0.4, 0.5) is 10.5 Å². The number of carboxylic acid groups (broad SMARTS) is 1. The molecular weight excluding hydrogens is 426 g/mol. The first-order chi connectivity index (χ1) is 14.6. The first-order valence-corrected chi connectivity index (χ1v) is 10.8. The molecule has 1 N–H and O–H groups in total. The summed E-state index contributed by atoms with van der Waals surface area (Å²) in [6.07, 6.45) is -0.322. The zero-order valence-corrected chi connectivity index (χ0v) is 20.6. The molecule has 6 nitrogen and oxygen atoms in total. The molecule has 7 heteroatoms. The van der Waals surface area contributed by atoms with Crippen LogP contribution in [0, 0.1) is 0 Å². The Morgan fingerprint density at radius 3 is 2.19 bits per heavy atom. The van der Waals surface area contributed by atoms with Crippen LogP contribution in [0.25, 0.3) is 11.1 Å². The molecule has 2 amide bonds. The van der Waals surface area contributed by atoms with Crippen LogP contribution in [0.2, 0.25) is 0 Å². The van der Waals surface area contributed by atoms with Gasteiger partial charge in [-0.05, 0) is 56.8 Å². The van der Waals surface area contributed by atoms with Crippen molar-refractivity contribution in [2.75, 3.05) is 27.7 Å². The molecule has 0 aliphatic carbocycles. The number of hydrogen-bond donors (Lipinski definition) is 1. The van der Waals surface area contributed by atoms with Crippen molar-refractivity contribution in [2.45, 2.75) is 45.8 Å². The fraction of sp³-hybridized carbons (Fsp3) is 0.440. The molecule has 0 saturated heterocycles. The van der Waals surface area contributed by atoms with Crippen LogP contribution in [0.5, 0.6) is 0 Å². The maximum atomic E-state index is 12.7. The molecule has 1 aliphatic rings. The van der Waals surface area contributed by atoms with Crippen molar-refractivity contribution in [3.63, 3.8) is 0 Å². The topological polar surface area (TPSA) is 60.9 Å². The van der Waals surface area contributed by atoms with Gasteiger partial charge >= 0.3 is 12.0 Å². The van der Waals surface area contributed by atoms with Gasteiger partial charge in [0.2, 0.25) is 0 Å². The summed E-state index contributed by atoms with van der Waals surface area (Å²) in [5.41, 5.74) is 5.17. The Labute approximate surface area is 197 Å². The van der Waals surface area contributed by atoms with Gasteiger partial charge in [0.1, 0.15) is 5.69 Å². The van der Waals surface area contributed by atoms with Crippen molar-refractivity contribution >= 4 is 30.1 Å². The van der Waals surface area contributed by atoms with Gasteiger partial charge < -0.3 is 14.9 Å². The van der Waals surface area contributed by atoms with Crippen LogP contribution in [-0.2, 0) is 11.3 Å². The molecule has 1 unspecified atom stereocenters. The Morgan fingerprint density at radius 2 is 1.69 bits per heavy atom. The summed E-state index contributed by atoms with van der Waals surface area (Å²) in [7, 11) is 6.03. The van der Waals surface area contributed by atoms with Crippen molar-refractivity contribution in [3.8, 4) is 11.1 Å². The van der Waals surface area contributed by atoms with Crippen molar-refractivity contribution < 1.29 is 14.7 Å². The van der Waals surface area contributed by atoms with Gasteiger partial charge in [0.05, 0.1) is 26.1 Å². The zero-order chi connectivity index (χ0) is 22.9. The van der Waals surface area contributed by atoms with Gasteiger partial charge in [-0.1, -0.05) is 24.3 Å². The summed E-state index contributed by atoms with van der Waals surface area (Å²) in [4.78, 5) is 28.3. The van der Waals surface area contributed by atoms with E-state index in [1.54, 1.807) is 6.92 Å². The van der Waals surface area contributed by atoms with Gasteiger partial charge in [-0.25, -0.2) is 14.1 Å². The van der Waals surface area contributed by atoms with Gasteiger partial charge in [0.25, 0.3) is 0 Å². The number of halogens is 1. The van der Waals surface area contributed by atoms with Crippen molar-refractivity contribution in [1.82, 2.24) is 14.3 Å². The molecule has 1 heterocycles. The van der Waals surface area contributed by atoms with E-state index in [1.165, 1.54) is 10.5 Å². The van der Waals surface area contributed by atoms with Crippen LogP contribution >= 0.6 is 12.4 Å². The lowest BCUT2D eigenvalue weighted by atomic mass is 9.86. The average Bonchev–Trinajstić information content (AvgIpc) is 2.71. The molecule has 2 aromatic carbocycles. The number of rotatable bonds is 5. The number of benzene rings is 2. The van der Waals surface area contributed by atoms with E-state index in [2.05, 4.69) is 35.2 Å². The van der Waals surface area contributed by atoms with Gasteiger partial charge in [-0.2, -0.15) is 0 Å². The number of carbonyl (C=O) groups excluding carboxylic acids is 1. The third kappa shape index (κ3) is 4.68. The summed E-state index contributed by atoms with van der Waals surface area (Å²) >= 11 is 0. The lowest BCUT2D eigenvalue weighted by Crippen LogP contribution is -2.60. The van der Waals surface area contributed by atoms with Crippen LogP contribution in [0.3, 0.4) is 0 Å². The third-order valence-corrected chi connectivity index (χ3v) is 6.74. The van der Waals surface area contributed by atoms with Gasteiger partial charge in [0.15, 0.2) is 0 Å². The Kier molecular flexibility index (Phi) is 8.10. The van der Waals surface area contributed by atoms with E-state index in [1.807, 2.05) is 47.1 Å². The molecular formula is C25H35ClN3O3+. The molecule has 3 rings (SSSR count). The highest BCUT2D eigenvalue weighted by atomic mass is 35.5. The molecule has 2 aromatic rings. The average molecular weight is 461 g/mol. The molecule has 1 aliphatic heterocycles. The quantitative estimate of drug-likeness (QED) is 0.626. The van der Waals surface area contributed by atoms with E-state index in [4.69, 9.17) is 0 Å². The maximum absolute atomic E-state index is 12.7. The van der Waals surface area contributed by atoms with Crippen LogP contribution in [0.15, 0.2) is 42.5 Å². The predicted octanol–water partition coefficient (Wildman–Crippen LogP) is 5.15. The first-order valence-electron chi connectivity index (χ1n) is 10.8. The van der Waals surface area contributed by atoms with E-state index < -0.39 is 6.09 Å². The normalized spacial score (nSPS) is 22.1. The van der Waals surface area contributed by atoms with E-state index in [0.29, 0.717) is 13.0 Å². The summed E-state index contributed by atoms with van der Waals surface area (Å²) < 4.78 is 0.186. The second kappa shape index (κ2) is 10.0. The van der Waals surface area contributed by atoms with Crippen LogP contribution in [0.1, 0.15) is 44.4 Å². The molecule has 0 bridgehead atoms. The van der Waals surface area contributed by atoms with Crippen LogP contribution in [-0.4, -0.2) is 60.6 Å². The Morgan fingerprint density at radius 1 is 1.09 bits per heavy atom. The molecule has 0 radical (unpaired) electrons. The maximum Gasteiger partial charge on any atom is 0.407 e. The predicted molar refractivity (Wildman–Crippen MR) is 132 cm³/mol. The molecule has 0 fully saturated rings. The highest BCUT2D eigenvalue weighted by Gasteiger charge is 2.47. The summed E-state index contributed by atoms with van der Waals surface area (Å²) in [5.74, 6) is 0.0614. The van der Waals surface area contributed by atoms with E-state index in [-0.39, 0.29) is 34.9 Å². The highest BCUT2D eigenvalue weighted by Crippen LogP contribution is 2.45. The van der Waals surface area contributed by atoms with Gasteiger partial charge in [-0.3, -0.25) is 0 Å². The van der Waals surface area contributed by atoms with Crippen molar-refractivity contribution in [2.24, 2.45) is 0 Å². The van der Waals surface area contributed by atoms with E-state index in [0.717, 1.165) is 28.9 Å². The van der Waals surface area contributed by atoms with Crippen molar-refractivity contribution in [1.29, 1.82) is 0 Å². The number of quaternary nitrogens is 1. The van der Waals surface area contributed by atoms with Crippen molar-refractivity contribution in [3.05, 3.63) is 53.6 Å². The lowest BCUT2D eigenvalue weighted by Gasteiger charge is -2.45. The molecule has 0 aromatic heterocycles. The third-order valence-electron chi connectivity index (χ3n) is 6.74. The Hall–Kier alpha value is -2.41. The molecule has 3 atom stereocenters. The number of fused-ring (bicyclic) bond motifs is 1. The molecule has 32 heavy (non-hydrogen) atoms. The SMILES string of the molecule is CCN(C(=O)O)C1C[C@H](C)[N@+](C)(C(C)=O)c2ccc(-c3ccc(CN(C)C)cc3)cc21.Cl. The minimum Gasteiger partial charge on any atom is -0.465 e. The fourth-order valence-electron chi connectivity index (χ4n) is 4.75. The number of hydrogen-bond acceptors (Lipinski definition) is 3. The molecule has 0 spiro atoms. The monoisotopic (exact) mass is 460 g/mol. The highest BCUT2D eigenvalue weighted by molar-refractivity contribution is 5.89. The Balaban J connectivity index is 0.00000363. The largest absolute Gasteiger partial charge is 0.465 e. The minimum absolute atomic E-state index is 0. The second-order valence-corrected chi connectivity index (χ2v) is 8.97. The summed E-state index contributed by atoms with van der Waals surface area (Å²) in [6.45, 7) is 6.79. The van der Waals surface area contributed by atoms with E-state index in [9.17, 15) is 14.7 Å². The zero-order valence-electron chi connectivity index (χ0n) is 19.8.